The number of benzene rings is 1. The van der Waals surface area contributed by atoms with E-state index < -0.39 is 5.41 Å². The van der Waals surface area contributed by atoms with E-state index in [0.29, 0.717) is 0 Å². The third kappa shape index (κ3) is 1.83. The molecule has 2 rings (SSSR count). The van der Waals surface area contributed by atoms with Crippen LogP contribution < -0.4 is 5.48 Å². The first-order valence-corrected chi connectivity index (χ1v) is 5.80. The third-order valence-corrected chi connectivity index (χ3v) is 3.57. The van der Waals surface area contributed by atoms with Crippen LogP contribution in [0.25, 0.3) is 0 Å². The van der Waals surface area contributed by atoms with E-state index in [-0.39, 0.29) is 5.91 Å². The molecular weight excluding hydrogens is 202 g/mol. The highest BCUT2D eigenvalue weighted by atomic mass is 16.5. The van der Waals surface area contributed by atoms with Crippen LogP contribution in [0.4, 0.5) is 0 Å². The van der Waals surface area contributed by atoms with Crippen molar-refractivity contribution in [3.63, 3.8) is 0 Å². The maximum atomic E-state index is 11.9. The molecule has 0 aromatic heterocycles. The van der Waals surface area contributed by atoms with E-state index >= 15 is 0 Å². The van der Waals surface area contributed by atoms with E-state index in [2.05, 4.69) is 0 Å². The number of rotatable bonds is 2. The maximum absolute atomic E-state index is 11.9. The fourth-order valence-corrected chi connectivity index (χ4v) is 2.67. The smallest absolute Gasteiger partial charge is 0.253 e. The minimum absolute atomic E-state index is 0.265. The molecule has 0 radical (unpaired) electrons. The van der Waals surface area contributed by atoms with Crippen LogP contribution in [0.1, 0.15) is 37.7 Å². The van der Waals surface area contributed by atoms with Crippen LogP contribution in [0.5, 0.6) is 0 Å². The number of hydrogen-bond acceptors (Lipinski definition) is 2. The molecule has 2 N–H and O–H groups in total. The normalized spacial score (nSPS) is 19.1. The Hall–Kier alpha value is -1.35. The van der Waals surface area contributed by atoms with Crippen LogP contribution in [-0.2, 0) is 10.2 Å². The molecule has 3 nitrogen and oxygen atoms in total. The monoisotopic (exact) mass is 219 g/mol. The van der Waals surface area contributed by atoms with Crippen LogP contribution in [0.3, 0.4) is 0 Å². The highest BCUT2D eigenvalue weighted by Crippen LogP contribution is 2.39. The van der Waals surface area contributed by atoms with Gasteiger partial charge in [-0.3, -0.25) is 10.0 Å². The average Bonchev–Trinajstić information content (AvgIpc) is 2.39. The lowest BCUT2D eigenvalue weighted by Crippen LogP contribution is -2.44. The molecule has 16 heavy (non-hydrogen) atoms. The second kappa shape index (κ2) is 4.66. The van der Waals surface area contributed by atoms with Crippen molar-refractivity contribution in [1.82, 2.24) is 5.48 Å². The molecule has 0 unspecified atom stereocenters. The van der Waals surface area contributed by atoms with Gasteiger partial charge in [-0.1, -0.05) is 49.6 Å². The zero-order valence-electron chi connectivity index (χ0n) is 9.28. The van der Waals surface area contributed by atoms with Crippen molar-refractivity contribution in [3.05, 3.63) is 35.9 Å². The summed E-state index contributed by atoms with van der Waals surface area (Å²) in [5, 5.41) is 8.91. The summed E-state index contributed by atoms with van der Waals surface area (Å²) in [5.74, 6) is -0.265. The minimum atomic E-state index is -0.520. The lowest BCUT2D eigenvalue weighted by molar-refractivity contribution is -0.136. The molecule has 0 bridgehead atoms. The van der Waals surface area contributed by atoms with Gasteiger partial charge in [0.05, 0.1) is 5.41 Å². The Labute approximate surface area is 95.4 Å². The molecule has 0 atom stereocenters. The quantitative estimate of drug-likeness (QED) is 0.592. The first-order valence-electron chi connectivity index (χ1n) is 5.80. The summed E-state index contributed by atoms with van der Waals surface area (Å²) in [6.45, 7) is 0. The standard InChI is InChI=1S/C13H17NO2/c15-12(14-16)13(9-5-2-6-10-13)11-7-3-1-4-8-11/h1,3-4,7-8,16H,2,5-6,9-10H2,(H,14,15). The van der Waals surface area contributed by atoms with Crippen molar-refractivity contribution in [2.24, 2.45) is 0 Å². The Morgan fingerprint density at radius 2 is 1.75 bits per heavy atom. The molecular formula is C13H17NO2. The van der Waals surface area contributed by atoms with Crippen molar-refractivity contribution >= 4 is 5.91 Å². The molecule has 0 saturated heterocycles. The first-order chi connectivity index (χ1) is 7.79. The molecule has 1 aliphatic carbocycles. The molecule has 1 amide bonds. The van der Waals surface area contributed by atoms with Crippen molar-refractivity contribution < 1.29 is 10.0 Å². The van der Waals surface area contributed by atoms with Gasteiger partial charge in [0.2, 0.25) is 0 Å². The lowest BCUT2D eigenvalue weighted by atomic mass is 9.69. The van der Waals surface area contributed by atoms with Crippen molar-refractivity contribution in [2.45, 2.75) is 37.5 Å². The number of hydrogen-bond donors (Lipinski definition) is 2. The van der Waals surface area contributed by atoms with Gasteiger partial charge in [0.15, 0.2) is 0 Å². The van der Waals surface area contributed by atoms with Gasteiger partial charge in [-0.05, 0) is 18.4 Å². The molecule has 0 heterocycles. The van der Waals surface area contributed by atoms with E-state index in [9.17, 15) is 4.79 Å². The second-order valence-corrected chi connectivity index (χ2v) is 4.45. The number of nitrogens with one attached hydrogen (secondary N) is 1. The fourth-order valence-electron chi connectivity index (χ4n) is 2.67. The Bertz CT molecular complexity index is 355. The SMILES string of the molecule is O=C(NO)C1(c2ccccc2)CCCCC1. The third-order valence-electron chi connectivity index (χ3n) is 3.57. The van der Waals surface area contributed by atoms with Gasteiger partial charge in [-0.15, -0.1) is 0 Å². The highest BCUT2D eigenvalue weighted by molar-refractivity contribution is 5.87. The van der Waals surface area contributed by atoms with Crippen molar-refractivity contribution in [1.29, 1.82) is 0 Å². The Morgan fingerprint density at radius 1 is 1.12 bits per heavy atom. The molecule has 1 saturated carbocycles. The molecule has 1 aromatic rings. The van der Waals surface area contributed by atoms with Crippen molar-refractivity contribution in [2.75, 3.05) is 0 Å². The zero-order valence-corrected chi connectivity index (χ0v) is 9.28. The molecule has 86 valence electrons. The van der Waals surface area contributed by atoms with Crippen LogP contribution >= 0.6 is 0 Å². The Kier molecular flexibility index (Phi) is 3.25. The molecule has 0 aliphatic heterocycles. The summed E-state index contributed by atoms with van der Waals surface area (Å²) >= 11 is 0. The van der Waals surface area contributed by atoms with Gasteiger partial charge in [0.1, 0.15) is 0 Å². The summed E-state index contributed by atoms with van der Waals surface area (Å²) < 4.78 is 0. The summed E-state index contributed by atoms with van der Waals surface area (Å²) in [6, 6.07) is 9.77. The lowest BCUT2D eigenvalue weighted by Gasteiger charge is -2.35. The van der Waals surface area contributed by atoms with Crippen LogP contribution in [0, 0.1) is 0 Å². The van der Waals surface area contributed by atoms with Gasteiger partial charge in [-0.25, -0.2) is 5.48 Å². The van der Waals surface area contributed by atoms with Gasteiger partial charge in [0.25, 0.3) is 5.91 Å². The Morgan fingerprint density at radius 3 is 2.31 bits per heavy atom. The van der Waals surface area contributed by atoms with Gasteiger partial charge >= 0.3 is 0 Å². The molecule has 1 aliphatic rings. The number of amides is 1. The van der Waals surface area contributed by atoms with Gasteiger partial charge < -0.3 is 0 Å². The molecule has 0 spiro atoms. The number of carbonyl (C=O) groups is 1. The van der Waals surface area contributed by atoms with Gasteiger partial charge in [-0.2, -0.15) is 0 Å². The van der Waals surface area contributed by atoms with E-state index in [0.717, 1.165) is 31.2 Å². The number of hydroxylamine groups is 1. The van der Waals surface area contributed by atoms with Crippen molar-refractivity contribution in [3.8, 4) is 0 Å². The van der Waals surface area contributed by atoms with E-state index in [1.807, 2.05) is 35.8 Å². The molecule has 3 heteroatoms. The second-order valence-electron chi connectivity index (χ2n) is 4.45. The van der Waals surface area contributed by atoms with Crippen LogP contribution in [-0.4, -0.2) is 11.1 Å². The topological polar surface area (TPSA) is 49.3 Å². The van der Waals surface area contributed by atoms with E-state index in [1.165, 1.54) is 6.42 Å². The summed E-state index contributed by atoms with van der Waals surface area (Å²) in [7, 11) is 0. The molecule has 1 aromatic carbocycles. The fraction of sp³-hybridized carbons (Fsp3) is 0.462. The minimum Gasteiger partial charge on any atom is -0.289 e. The summed E-state index contributed by atoms with van der Waals surface area (Å²) in [4.78, 5) is 11.9. The molecule has 1 fully saturated rings. The van der Waals surface area contributed by atoms with Crippen LogP contribution in [0.2, 0.25) is 0 Å². The predicted octanol–water partition coefficient (Wildman–Crippen LogP) is 2.39. The Balaban J connectivity index is 2.38. The largest absolute Gasteiger partial charge is 0.289 e. The van der Waals surface area contributed by atoms with Gasteiger partial charge in [0, 0.05) is 0 Å². The first kappa shape index (κ1) is 11.1. The highest BCUT2D eigenvalue weighted by Gasteiger charge is 2.40. The maximum Gasteiger partial charge on any atom is 0.253 e. The zero-order chi connectivity index (χ0) is 11.4. The predicted molar refractivity (Wildman–Crippen MR) is 61.1 cm³/mol. The van der Waals surface area contributed by atoms with E-state index in [1.54, 1.807) is 0 Å². The number of carbonyl (C=O) groups excluding carboxylic acids is 1. The summed E-state index contributed by atoms with van der Waals surface area (Å²) in [5.41, 5.74) is 2.33. The van der Waals surface area contributed by atoms with Crippen LogP contribution in [0.15, 0.2) is 30.3 Å². The summed E-state index contributed by atoms with van der Waals surface area (Å²) in [6.07, 6.45) is 4.91. The van der Waals surface area contributed by atoms with E-state index in [4.69, 9.17) is 5.21 Å². The average molecular weight is 219 g/mol.